The molecular formula is C31H42N4O9. The summed E-state index contributed by atoms with van der Waals surface area (Å²) < 4.78 is 5.21. The van der Waals surface area contributed by atoms with E-state index in [1.165, 1.54) is 4.90 Å². The van der Waals surface area contributed by atoms with Crippen molar-refractivity contribution >= 4 is 29.3 Å². The number of hydrogen-bond acceptors (Lipinski definition) is 11. The molecule has 4 unspecified atom stereocenters. The summed E-state index contributed by atoms with van der Waals surface area (Å²) in [4.78, 5) is 55.3. The Hall–Kier alpha value is -4.10. The number of likely N-dealkylation sites (N-methyl/N-ethyl adjacent to an activating group) is 1. The number of alkyl carbamates (subject to hydrolysis) is 1. The molecule has 4 atom stereocenters. The van der Waals surface area contributed by atoms with Gasteiger partial charge in [0.15, 0.2) is 11.4 Å². The third-order valence-corrected chi connectivity index (χ3v) is 8.91. The number of carbonyl (C=O) groups is 4. The number of benzene rings is 1. The Balaban J connectivity index is 1.75. The van der Waals surface area contributed by atoms with E-state index in [9.17, 15) is 39.6 Å². The second-order valence-electron chi connectivity index (χ2n) is 12.2. The molecule has 1 aromatic carbocycles. The Morgan fingerprint density at radius 2 is 1.80 bits per heavy atom. The monoisotopic (exact) mass is 614 g/mol. The second-order valence-corrected chi connectivity index (χ2v) is 12.2. The van der Waals surface area contributed by atoms with E-state index in [4.69, 9.17) is 10.5 Å². The van der Waals surface area contributed by atoms with Gasteiger partial charge in [-0.3, -0.25) is 19.3 Å². The van der Waals surface area contributed by atoms with Gasteiger partial charge in [-0.05, 0) is 50.9 Å². The molecule has 7 N–H and O–H groups in total. The minimum atomic E-state index is -2.72. The molecule has 13 heteroatoms. The van der Waals surface area contributed by atoms with E-state index < -0.39 is 69.9 Å². The molecule has 0 saturated heterocycles. The lowest BCUT2D eigenvalue weighted by Crippen LogP contribution is -2.63. The van der Waals surface area contributed by atoms with Crippen molar-refractivity contribution in [2.45, 2.75) is 63.6 Å². The smallest absolute Gasteiger partial charge is 0.407 e. The van der Waals surface area contributed by atoms with Gasteiger partial charge in [-0.2, -0.15) is 0 Å². The summed E-state index contributed by atoms with van der Waals surface area (Å²) in [5.41, 5.74) is 2.75. The molecule has 240 valence electrons. The van der Waals surface area contributed by atoms with Crippen molar-refractivity contribution in [3.63, 3.8) is 0 Å². The van der Waals surface area contributed by atoms with Crippen LogP contribution in [0.1, 0.15) is 60.5 Å². The van der Waals surface area contributed by atoms with Crippen molar-refractivity contribution in [2.75, 3.05) is 39.7 Å². The summed E-state index contributed by atoms with van der Waals surface area (Å²) in [7, 11) is 6.68. The molecule has 0 saturated carbocycles. The highest BCUT2D eigenvalue weighted by atomic mass is 16.5. The van der Waals surface area contributed by atoms with Crippen molar-refractivity contribution in [1.29, 1.82) is 0 Å². The number of allylic oxidation sites excluding steroid dienone is 1. The van der Waals surface area contributed by atoms with Gasteiger partial charge in [0.05, 0.1) is 18.2 Å². The van der Waals surface area contributed by atoms with Crippen LogP contribution in [0.5, 0.6) is 5.75 Å². The van der Waals surface area contributed by atoms with Gasteiger partial charge < -0.3 is 41.1 Å². The highest BCUT2D eigenvalue weighted by molar-refractivity contribution is 6.25. The number of fused-ring (bicyclic) bond motifs is 3. The van der Waals surface area contributed by atoms with Crippen LogP contribution in [0, 0.1) is 11.8 Å². The number of anilines is 1. The van der Waals surface area contributed by atoms with Crippen molar-refractivity contribution in [3.8, 4) is 5.75 Å². The first-order valence-electron chi connectivity index (χ1n) is 14.8. The topological polar surface area (TPSA) is 203 Å². The van der Waals surface area contributed by atoms with E-state index in [-0.39, 0.29) is 42.7 Å². The molecule has 4 rings (SSSR count). The number of unbranched alkanes of at least 4 members (excludes halogenated alkanes) is 3. The number of primary amides is 1. The van der Waals surface area contributed by atoms with Gasteiger partial charge in [0.2, 0.25) is 5.78 Å². The number of nitrogens with two attached hydrogens (primary N) is 1. The number of nitrogens with zero attached hydrogens (tertiary/aromatic N) is 2. The number of phenolic OH excluding ortho intramolecular Hbond substituents is 1. The number of nitrogens with one attached hydrogen (secondary N) is 1. The number of aliphatic hydroxyl groups is 3. The van der Waals surface area contributed by atoms with Crippen LogP contribution < -0.4 is 16.0 Å². The van der Waals surface area contributed by atoms with Crippen molar-refractivity contribution < 1.29 is 44.3 Å². The van der Waals surface area contributed by atoms with E-state index in [2.05, 4.69) is 12.2 Å². The molecule has 0 radical (unpaired) electrons. The predicted molar refractivity (Wildman–Crippen MR) is 160 cm³/mol. The predicted octanol–water partition coefficient (Wildman–Crippen LogP) is 1.99. The zero-order chi connectivity index (χ0) is 32.7. The van der Waals surface area contributed by atoms with Gasteiger partial charge in [-0.1, -0.05) is 26.2 Å². The van der Waals surface area contributed by atoms with Crippen LogP contribution in [0.4, 0.5) is 10.5 Å². The van der Waals surface area contributed by atoms with Crippen LogP contribution in [-0.2, 0) is 27.3 Å². The number of aromatic hydroxyl groups is 1. The number of hydrogen-bond donors (Lipinski definition) is 6. The van der Waals surface area contributed by atoms with Gasteiger partial charge in [0, 0.05) is 43.4 Å². The van der Waals surface area contributed by atoms with Crippen LogP contribution in [0.2, 0.25) is 0 Å². The normalized spacial score (nSPS) is 24.6. The van der Waals surface area contributed by atoms with Crippen LogP contribution in [0.25, 0.3) is 0 Å². The van der Waals surface area contributed by atoms with Crippen molar-refractivity contribution in [1.82, 2.24) is 10.2 Å². The van der Waals surface area contributed by atoms with Gasteiger partial charge >= 0.3 is 6.09 Å². The Morgan fingerprint density at radius 3 is 2.39 bits per heavy atom. The molecule has 0 fully saturated rings. The SMILES string of the molecule is CCCCCCOC(=O)NCc1cc(N(C)C)c2c(c1O)C(=O)C1=C(O)C3(O)C(=O)C(C(N)=O)=C(O)C(N(C)C)C3CC1C2. The number of carbonyl (C=O) groups excluding carboxylic acids is 4. The molecule has 0 spiro atoms. The number of amides is 2. The third kappa shape index (κ3) is 5.38. The molecule has 0 aromatic heterocycles. The molecule has 0 aliphatic heterocycles. The number of aliphatic hydroxyl groups excluding tert-OH is 2. The maximum absolute atomic E-state index is 14.1. The number of phenols is 1. The minimum Gasteiger partial charge on any atom is -0.510 e. The molecule has 3 aliphatic rings. The Labute approximate surface area is 256 Å². The fourth-order valence-electron chi connectivity index (χ4n) is 6.80. The van der Waals surface area contributed by atoms with E-state index in [0.29, 0.717) is 11.3 Å². The maximum Gasteiger partial charge on any atom is 0.407 e. The zero-order valence-electron chi connectivity index (χ0n) is 25.8. The van der Waals surface area contributed by atoms with Gasteiger partial charge in [-0.25, -0.2) is 4.79 Å². The van der Waals surface area contributed by atoms with E-state index >= 15 is 0 Å². The van der Waals surface area contributed by atoms with Gasteiger partial charge in [-0.15, -0.1) is 0 Å². The first kappa shape index (κ1) is 32.8. The summed E-state index contributed by atoms with van der Waals surface area (Å²) in [6, 6.07) is 0.596. The Bertz CT molecular complexity index is 1450. The van der Waals surface area contributed by atoms with E-state index in [0.717, 1.165) is 25.7 Å². The second kappa shape index (κ2) is 12.5. The maximum atomic E-state index is 14.1. The summed E-state index contributed by atoms with van der Waals surface area (Å²) in [6.45, 7) is 2.17. The highest BCUT2D eigenvalue weighted by Gasteiger charge is 2.63. The average Bonchev–Trinajstić information content (AvgIpc) is 2.93. The fourth-order valence-corrected chi connectivity index (χ4v) is 6.80. The summed E-state index contributed by atoms with van der Waals surface area (Å²) in [5.74, 6) is -7.14. The first-order valence-corrected chi connectivity index (χ1v) is 14.8. The largest absolute Gasteiger partial charge is 0.510 e. The molecular weight excluding hydrogens is 572 g/mol. The number of rotatable bonds is 10. The highest BCUT2D eigenvalue weighted by Crippen LogP contribution is 2.53. The quantitative estimate of drug-likeness (QED) is 0.166. The molecule has 3 aliphatic carbocycles. The third-order valence-electron chi connectivity index (χ3n) is 8.91. The van der Waals surface area contributed by atoms with E-state index in [1.54, 1.807) is 39.2 Å². The van der Waals surface area contributed by atoms with Gasteiger partial charge in [0.25, 0.3) is 5.91 Å². The molecule has 2 amide bonds. The molecule has 0 heterocycles. The number of ketones is 2. The zero-order valence-corrected chi connectivity index (χ0v) is 25.8. The van der Waals surface area contributed by atoms with Gasteiger partial charge in [0.1, 0.15) is 22.8 Å². The van der Waals surface area contributed by atoms with Crippen LogP contribution in [-0.4, -0.2) is 95.3 Å². The lowest BCUT2D eigenvalue weighted by Gasteiger charge is -2.50. The molecule has 44 heavy (non-hydrogen) atoms. The molecule has 1 aromatic rings. The average molecular weight is 615 g/mol. The first-order chi connectivity index (χ1) is 20.7. The molecule has 13 nitrogen and oxygen atoms in total. The lowest BCUT2D eigenvalue weighted by atomic mass is 9.58. The Kier molecular flexibility index (Phi) is 9.31. The van der Waals surface area contributed by atoms with Crippen molar-refractivity contribution in [2.24, 2.45) is 17.6 Å². The fraction of sp³-hybridized carbons (Fsp3) is 0.548. The summed E-state index contributed by atoms with van der Waals surface area (Å²) in [6.07, 6.45) is 3.22. The van der Waals surface area contributed by atoms with Crippen LogP contribution >= 0.6 is 0 Å². The van der Waals surface area contributed by atoms with Crippen LogP contribution in [0.15, 0.2) is 28.7 Å². The standard InChI is InChI=1S/C31H42N4O9/c1-6-7-8-9-10-44-30(42)33-14-16-13-19(34(2)3)17-11-15-12-18-23(35(4)5)26(38)22(29(32)41)28(40)31(18,43)27(39)20(15)25(37)21(17)24(16)36/h13,15,18,23,36,38-39,43H,6-12,14H2,1-5H3,(H2,32,41)(H,33,42). The summed E-state index contributed by atoms with van der Waals surface area (Å²) >= 11 is 0. The minimum absolute atomic E-state index is 0.00715. The number of ether oxygens (including phenoxy) is 1. The van der Waals surface area contributed by atoms with Crippen LogP contribution in [0.3, 0.4) is 0 Å². The number of Topliss-reactive ketones (excluding diaryl/α,β-unsaturated/α-hetero) is 2. The van der Waals surface area contributed by atoms with Crippen molar-refractivity contribution in [3.05, 3.63) is 45.4 Å². The summed E-state index contributed by atoms with van der Waals surface area (Å²) in [5, 5.41) is 48.1. The molecule has 0 bridgehead atoms. The van der Waals surface area contributed by atoms with E-state index in [1.807, 2.05) is 0 Å². The lowest BCUT2D eigenvalue weighted by molar-refractivity contribution is -0.148. The Morgan fingerprint density at radius 1 is 1.11 bits per heavy atom.